The second-order valence-electron chi connectivity index (χ2n) is 6.06. The summed E-state index contributed by atoms with van der Waals surface area (Å²) in [5, 5.41) is 3.99. The van der Waals surface area contributed by atoms with Gasteiger partial charge in [-0.05, 0) is 26.0 Å². The number of rotatable bonds is 6. The number of esters is 1. The molecule has 0 spiro atoms. The Kier molecular flexibility index (Phi) is 5.30. The van der Waals surface area contributed by atoms with Gasteiger partial charge in [0.25, 0.3) is 0 Å². The van der Waals surface area contributed by atoms with Gasteiger partial charge in [-0.1, -0.05) is 48.0 Å². The van der Waals surface area contributed by atoms with Crippen molar-refractivity contribution in [3.8, 4) is 11.5 Å². The maximum absolute atomic E-state index is 12.3. The zero-order valence-corrected chi connectivity index (χ0v) is 14.9. The first-order valence-corrected chi connectivity index (χ1v) is 8.38. The number of aryl methyl sites for hydroxylation is 1. The number of Topliss-reactive ketones (excluding diaryl/α,β-unsaturated/α-hetero) is 1. The summed E-state index contributed by atoms with van der Waals surface area (Å²) in [6, 6.07) is 15.8. The van der Waals surface area contributed by atoms with Crippen LogP contribution in [-0.4, -0.2) is 27.6 Å². The van der Waals surface area contributed by atoms with Crippen molar-refractivity contribution in [1.82, 2.24) is 9.78 Å². The van der Waals surface area contributed by atoms with Gasteiger partial charge in [0.1, 0.15) is 6.54 Å². The van der Waals surface area contributed by atoms with Crippen LogP contribution in [0.25, 0.3) is 11.5 Å². The molecule has 0 aliphatic rings. The van der Waals surface area contributed by atoms with Gasteiger partial charge in [-0.3, -0.25) is 9.59 Å². The average molecular weight is 366 g/mol. The van der Waals surface area contributed by atoms with Crippen molar-refractivity contribution in [2.75, 3.05) is 0 Å². The molecule has 0 aliphatic heterocycles. The van der Waals surface area contributed by atoms with Gasteiger partial charge >= 0.3 is 11.7 Å². The molecule has 1 aromatic heterocycles. The van der Waals surface area contributed by atoms with E-state index in [0.29, 0.717) is 11.1 Å². The van der Waals surface area contributed by atoms with Crippen LogP contribution in [0.1, 0.15) is 22.8 Å². The van der Waals surface area contributed by atoms with Crippen molar-refractivity contribution in [3.63, 3.8) is 0 Å². The summed E-state index contributed by atoms with van der Waals surface area (Å²) in [5.41, 5.74) is 2.09. The molecule has 3 rings (SSSR count). The van der Waals surface area contributed by atoms with Gasteiger partial charge in [0.2, 0.25) is 11.7 Å². The third-order valence-electron chi connectivity index (χ3n) is 3.92. The molecule has 1 heterocycles. The molecule has 0 unspecified atom stereocenters. The van der Waals surface area contributed by atoms with E-state index in [0.717, 1.165) is 10.2 Å². The fourth-order valence-corrected chi connectivity index (χ4v) is 2.47. The monoisotopic (exact) mass is 366 g/mol. The first-order chi connectivity index (χ1) is 12.9. The maximum Gasteiger partial charge on any atom is 0.437 e. The zero-order chi connectivity index (χ0) is 19.4. The molecule has 3 aromatic rings. The number of hydrogen-bond acceptors (Lipinski definition) is 6. The van der Waals surface area contributed by atoms with E-state index in [1.54, 1.807) is 36.4 Å². The summed E-state index contributed by atoms with van der Waals surface area (Å²) in [5.74, 6) is -1.74. The second-order valence-corrected chi connectivity index (χ2v) is 6.06. The molecule has 1 atom stereocenters. The Morgan fingerprint density at radius 1 is 1.11 bits per heavy atom. The third kappa shape index (κ3) is 4.38. The lowest BCUT2D eigenvalue weighted by molar-refractivity contribution is -0.147. The summed E-state index contributed by atoms with van der Waals surface area (Å²) >= 11 is 0. The Labute approximate surface area is 155 Å². The Balaban J connectivity index is 1.65. The van der Waals surface area contributed by atoms with Crippen LogP contribution in [0, 0.1) is 6.92 Å². The van der Waals surface area contributed by atoms with Crippen LogP contribution < -0.4 is 5.76 Å². The molecule has 0 saturated heterocycles. The van der Waals surface area contributed by atoms with Gasteiger partial charge in [0.15, 0.2) is 6.10 Å². The number of carbonyl (C=O) groups excluding carboxylic acids is 2. The van der Waals surface area contributed by atoms with Gasteiger partial charge in [0, 0.05) is 11.1 Å². The number of benzene rings is 2. The smallest absolute Gasteiger partial charge is 0.437 e. The van der Waals surface area contributed by atoms with Crippen molar-refractivity contribution in [2.45, 2.75) is 26.5 Å². The van der Waals surface area contributed by atoms with Crippen LogP contribution in [0.4, 0.5) is 0 Å². The van der Waals surface area contributed by atoms with Crippen LogP contribution in [0.5, 0.6) is 0 Å². The van der Waals surface area contributed by atoms with Crippen LogP contribution >= 0.6 is 0 Å². The van der Waals surface area contributed by atoms with Crippen molar-refractivity contribution in [1.29, 1.82) is 0 Å². The first kappa shape index (κ1) is 18.3. The Morgan fingerprint density at radius 2 is 1.78 bits per heavy atom. The molecular weight excluding hydrogens is 348 g/mol. The molecule has 0 bridgehead atoms. The van der Waals surface area contributed by atoms with Crippen LogP contribution in [0.2, 0.25) is 0 Å². The SMILES string of the molecule is Cc1ccc(C(=O)[C@@H](C)OC(=O)Cn2nc(-c3ccccc3)oc2=O)cc1. The van der Waals surface area contributed by atoms with E-state index >= 15 is 0 Å². The minimum absolute atomic E-state index is 0.109. The summed E-state index contributed by atoms with van der Waals surface area (Å²) < 4.78 is 11.1. The maximum atomic E-state index is 12.3. The molecule has 138 valence electrons. The molecule has 7 nitrogen and oxygen atoms in total. The quantitative estimate of drug-likeness (QED) is 0.492. The number of carbonyl (C=O) groups is 2. The summed E-state index contributed by atoms with van der Waals surface area (Å²) in [7, 11) is 0. The zero-order valence-electron chi connectivity index (χ0n) is 14.9. The van der Waals surface area contributed by atoms with Gasteiger partial charge in [-0.25, -0.2) is 4.79 Å². The number of ether oxygens (including phenoxy) is 1. The van der Waals surface area contributed by atoms with E-state index < -0.39 is 24.4 Å². The predicted octanol–water partition coefficient (Wildman–Crippen LogP) is 2.63. The van der Waals surface area contributed by atoms with E-state index in [2.05, 4.69) is 5.10 Å². The van der Waals surface area contributed by atoms with Gasteiger partial charge < -0.3 is 9.15 Å². The van der Waals surface area contributed by atoms with Crippen molar-refractivity contribution in [3.05, 3.63) is 76.3 Å². The highest BCUT2D eigenvalue weighted by molar-refractivity contribution is 6.00. The molecule has 2 aromatic carbocycles. The lowest BCUT2D eigenvalue weighted by Crippen LogP contribution is -2.29. The highest BCUT2D eigenvalue weighted by Gasteiger charge is 2.21. The summed E-state index contributed by atoms with van der Waals surface area (Å²) in [6.45, 7) is 2.96. The highest BCUT2D eigenvalue weighted by Crippen LogP contribution is 2.14. The minimum atomic E-state index is -0.976. The molecular formula is C20H18N2O5. The minimum Gasteiger partial charge on any atom is -0.453 e. The largest absolute Gasteiger partial charge is 0.453 e. The van der Waals surface area contributed by atoms with Crippen LogP contribution in [0.3, 0.4) is 0 Å². The second kappa shape index (κ2) is 7.82. The van der Waals surface area contributed by atoms with Crippen molar-refractivity contribution < 1.29 is 18.7 Å². The first-order valence-electron chi connectivity index (χ1n) is 8.38. The van der Waals surface area contributed by atoms with Gasteiger partial charge in [0.05, 0.1) is 0 Å². The fourth-order valence-electron chi connectivity index (χ4n) is 2.47. The Bertz CT molecular complexity index is 1000. The van der Waals surface area contributed by atoms with E-state index in [1.807, 2.05) is 25.1 Å². The average Bonchev–Trinajstić information content (AvgIpc) is 3.03. The van der Waals surface area contributed by atoms with Crippen LogP contribution in [0.15, 0.2) is 63.8 Å². The standard InChI is InChI=1S/C20H18N2O5/c1-13-8-10-15(11-9-13)18(24)14(2)26-17(23)12-22-20(25)27-19(21-22)16-6-4-3-5-7-16/h3-11,14H,12H2,1-2H3/t14-/m1/s1. The molecule has 0 amide bonds. The van der Waals surface area contributed by atoms with Crippen LogP contribution in [-0.2, 0) is 16.1 Å². The molecule has 0 N–H and O–H groups in total. The summed E-state index contributed by atoms with van der Waals surface area (Å²) in [4.78, 5) is 36.3. The Morgan fingerprint density at radius 3 is 2.44 bits per heavy atom. The van der Waals surface area contributed by atoms with Gasteiger partial charge in [-0.2, -0.15) is 4.68 Å². The summed E-state index contributed by atoms with van der Waals surface area (Å²) in [6.07, 6.45) is -0.976. The molecule has 0 fully saturated rings. The van der Waals surface area contributed by atoms with E-state index in [9.17, 15) is 14.4 Å². The van der Waals surface area contributed by atoms with Crippen molar-refractivity contribution >= 4 is 11.8 Å². The predicted molar refractivity (Wildman–Crippen MR) is 97.3 cm³/mol. The van der Waals surface area contributed by atoms with E-state index in [4.69, 9.17) is 9.15 Å². The fraction of sp³-hybridized carbons (Fsp3) is 0.200. The number of ketones is 1. The van der Waals surface area contributed by atoms with E-state index in [-0.39, 0.29) is 11.7 Å². The van der Waals surface area contributed by atoms with Crippen molar-refractivity contribution in [2.24, 2.45) is 0 Å². The van der Waals surface area contributed by atoms with E-state index in [1.165, 1.54) is 6.92 Å². The lowest BCUT2D eigenvalue weighted by atomic mass is 10.1. The Hall–Kier alpha value is -3.48. The molecule has 27 heavy (non-hydrogen) atoms. The lowest BCUT2D eigenvalue weighted by Gasteiger charge is -2.12. The number of nitrogens with zero attached hydrogens (tertiary/aromatic N) is 2. The molecule has 0 aliphatic carbocycles. The normalized spacial score (nSPS) is 11.8. The molecule has 0 saturated carbocycles. The number of hydrogen-bond donors (Lipinski definition) is 0. The third-order valence-corrected chi connectivity index (χ3v) is 3.92. The topological polar surface area (TPSA) is 91.4 Å². The molecule has 0 radical (unpaired) electrons. The molecule has 7 heteroatoms. The van der Waals surface area contributed by atoms with Gasteiger partial charge in [-0.15, -0.1) is 5.10 Å². The number of aromatic nitrogens is 2. The highest BCUT2D eigenvalue weighted by atomic mass is 16.5.